The average molecular weight is 220 g/mol. The van der Waals surface area contributed by atoms with Crippen LogP contribution in [0.3, 0.4) is 0 Å². The van der Waals surface area contributed by atoms with Crippen LogP contribution in [0.15, 0.2) is 18.2 Å². The van der Waals surface area contributed by atoms with Gasteiger partial charge >= 0.3 is 0 Å². The van der Waals surface area contributed by atoms with Crippen LogP contribution < -0.4 is 16.0 Å². The molecule has 1 aliphatic carbocycles. The fraction of sp³-hybridized carbons (Fsp3) is 0.538. The van der Waals surface area contributed by atoms with E-state index in [1.165, 1.54) is 36.8 Å². The van der Waals surface area contributed by atoms with E-state index in [1.807, 2.05) is 6.92 Å². The van der Waals surface area contributed by atoms with Gasteiger partial charge in [0.25, 0.3) is 0 Å². The van der Waals surface area contributed by atoms with E-state index in [2.05, 4.69) is 23.6 Å². The Balaban J connectivity index is 2.00. The van der Waals surface area contributed by atoms with E-state index in [-0.39, 0.29) is 6.04 Å². The van der Waals surface area contributed by atoms with E-state index in [0.717, 1.165) is 5.75 Å². The van der Waals surface area contributed by atoms with Crippen molar-refractivity contribution in [3.63, 3.8) is 0 Å². The largest absolute Gasteiger partial charge is 0.492 e. The summed E-state index contributed by atoms with van der Waals surface area (Å²) in [4.78, 5) is 0. The lowest BCUT2D eigenvalue weighted by Gasteiger charge is -2.17. The molecule has 0 amide bonds. The maximum absolute atomic E-state index is 5.68. The Labute approximate surface area is 97.0 Å². The first-order chi connectivity index (χ1) is 7.79. The van der Waals surface area contributed by atoms with Gasteiger partial charge in [0.2, 0.25) is 0 Å². The minimum absolute atomic E-state index is 0.177. The molecule has 0 spiro atoms. The van der Waals surface area contributed by atoms with E-state index < -0.39 is 0 Å². The highest BCUT2D eigenvalue weighted by Gasteiger charge is 2.10. The highest BCUT2D eigenvalue weighted by molar-refractivity contribution is 5.37. The standard InChI is InChI=1S/C13H20N2O/c1-10(15-14)9-16-13-7-6-11-4-2-3-5-12(11)8-13/h6-8,10,15H,2-5,9,14H2,1H3. The molecule has 1 aromatic carbocycles. The monoisotopic (exact) mass is 220 g/mol. The number of rotatable bonds is 4. The predicted molar refractivity (Wildman–Crippen MR) is 65.4 cm³/mol. The molecule has 1 atom stereocenters. The molecule has 16 heavy (non-hydrogen) atoms. The van der Waals surface area contributed by atoms with Crippen molar-refractivity contribution in [1.29, 1.82) is 0 Å². The summed E-state index contributed by atoms with van der Waals surface area (Å²) < 4.78 is 5.68. The second kappa shape index (κ2) is 5.32. The van der Waals surface area contributed by atoms with Gasteiger partial charge in [0, 0.05) is 0 Å². The smallest absolute Gasteiger partial charge is 0.119 e. The van der Waals surface area contributed by atoms with Crippen molar-refractivity contribution in [2.75, 3.05) is 6.61 Å². The number of nitrogens with two attached hydrogens (primary N) is 1. The summed E-state index contributed by atoms with van der Waals surface area (Å²) in [5, 5.41) is 0. The predicted octanol–water partition coefficient (Wildman–Crippen LogP) is 1.80. The average Bonchev–Trinajstić information content (AvgIpc) is 2.35. The van der Waals surface area contributed by atoms with E-state index in [4.69, 9.17) is 10.6 Å². The van der Waals surface area contributed by atoms with Crippen molar-refractivity contribution in [3.8, 4) is 5.75 Å². The quantitative estimate of drug-likeness (QED) is 0.601. The minimum atomic E-state index is 0.177. The number of fused-ring (bicyclic) bond motifs is 1. The zero-order valence-electron chi connectivity index (χ0n) is 9.83. The fourth-order valence-electron chi connectivity index (χ4n) is 2.07. The summed E-state index contributed by atoms with van der Waals surface area (Å²) in [7, 11) is 0. The summed E-state index contributed by atoms with van der Waals surface area (Å²) in [6.45, 7) is 2.60. The Morgan fingerprint density at radius 1 is 1.31 bits per heavy atom. The molecule has 3 nitrogen and oxygen atoms in total. The minimum Gasteiger partial charge on any atom is -0.492 e. The first kappa shape index (κ1) is 11.4. The van der Waals surface area contributed by atoms with Crippen LogP contribution in [0.2, 0.25) is 0 Å². The summed E-state index contributed by atoms with van der Waals surface area (Å²) in [6, 6.07) is 6.62. The molecular formula is C13H20N2O. The van der Waals surface area contributed by atoms with Crippen molar-refractivity contribution >= 4 is 0 Å². The van der Waals surface area contributed by atoms with Gasteiger partial charge in [0.1, 0.15) is 12.4 Å². The van der Waals surface area contributed by atoms with Crippen LogP contribution in [0, 0.1) is 0 Å². The van der Waals surface area contributed by atoms with E-state index in [9.17, 15) is 0 Å². The molecule has 0 bridgehead atoms. The van der Waals surface area contributed by atoms with Crippen LogP contribution in [0.1, 0.15) is 30.9 Å². The third-order valence-corrected chi connectivity index (χ3v) is 3.10. The molecule has 0 aliphatic heterocycles. The van der Waals surface area contributed by atoms with Crippen LogP contribution in [0.5, 0.6) is 5.75 Å². The lowest BCUT2D eigenvalue weighted by molar-refractivity contribution is 0.274. The van der Waals surface area contributed by atoms with Gasteiger partial charge in [-0.25, -0.2) is 0 Å². The lowest BCUT2D eigenvalue weighted by Crippen LogP contribution is -2.36. The Kier molecular flexibility index (Phi) is 3.80. The van der Waals surface area contributed by atoms with Gasteiger partial charge in [0.15, 0.2) is 0 Å². The number of hydrogen-bond donors (Lipinski definition) is 2. The molecule has 88 valence electrons. The topological polar surface area (TPSA) is 47.3 Å². The zero-order chi connectivity index (χ0) is 11.4. The van der Waals surface area contributed by atoms with Gasteiger partial charge in [-0.05, 0) is 55.9 Å². The molecule has 0 heterocycles. The first-order valence-corrected chi connectivity index (χ1v) is 6.00. The van der Waals surface area contributed by atoms with Gasteiger partial charge in [-0.2, -0.15) is 0 Å². The summed E-state index contributed by atoms with van der Waals surface area (Å²) in [5.41, 5.74) is 5.62. The molecule has 0 radical (unpaired) electrons. The third kappa shape index (κ3) is 2.74. The van der Waals surface area contributed by atoms with Crippen molar-refractivity contribution in [2.24, 2.45) is 5.84 Å². The number of hydrogen-bond acceptors (Lipinski definition) is 3. The third-order valence-electron chi connectivity index (χ3n) is 3.10. The molecule has 3 heteroatoms. The summed E-state index contributed by atoms with van der Waals surface area (Å²) in [5.74, 6) is 6.28. The molecular weight excluding hydrogens is 200 g/mol. The van der Waals surface area contributed by atoms with Gasteiger partial charge in [-0.3, -0.25) is 11.3 Å². The van der Waals surface area contributed by atoms with Crippen LogP contribution in [0.4, 0.5) is 0 Å². The van der Waals surface area contributed by atoms with Gasteiger partial charge in [-0.1, -0.05) is 6.07 Å². The van der Waals surface area contributed by atoms with E-state index in [0.29, 0.717) is 6.61 Å². The second-order valence-electron chi connectivity index (χ2n) is 4.52. The number of nitrogens with one attached hydrogen (secondary N) is 1. The van der Waals surface area contributed by atoms with Crippen LogP contribution in [-0.2, 0) is 12.8 Å². The van der Waals surface area contributed by atoms with Crippen molar-refractivity contribution in [1.82, 2.24) is 5.43 Å². The van der Waals surface area contributed by atoms with E-state index >= 15 is 0 Å². The number of ether oxygens (including phenoxy) is 1. The van der Waals surface area contributed by atoms with Crippen molar-refractivity contribution in [3.05, 3.63) is 29.3 Å². The summed E-state index contributed by atoms with van der Waals surface area (Å²) >= 11 is 0. The molecule has 3 N–H and O–H groups in total. The SMILES string of the molecule is CC(COc1ccc2c(c1)CCCC2)NN. The second-order valence-corrected chi connectivity index (χ2v) is 4.52. The van der Waals surface area contributed by atoms with Crippen molar-refractivity contribution in [2.45, 2.75) is 38.6 Å². The first-order valence-electron chi connectivity index (χ1n) is 6.00. The Morgan fingerprint density at radius 2 is 2.06 bits per heavy atom. The molecule has 0 saturated heterocycles. The Morgan fingerprint density at radius 3 is 2.81 bits per heavy atom. The molecule has 0 saturated carbocycles. The molecule has 0 fully saturated rings. The normalized spacial score (nSPS) is 16.6. The van der Waals surface area contributed by atoms with Crippen LogP contribution in [-0.4, -0.2) is 12.6 Å². The maximum Gasteiger partial charge on any atom is 0.119 e. The molecule has 2 rings (SSSR count). The van der Waals surface area contributed by atoms with Crippen molar-refractivity contribution < 1.29 is 4.74 Å². The molecule has 1 aliphatic rings. The van der Waals surface area contributed by atoms with Gasteiger partial charge in [0.05, 0.1) is 6.04 Å². The van der Waals surface area contributed by atoms with Crippen LogP contribution >= 0.6 is 0 Å². The molecule has 1 aromatic rings. The van der Waals surface area contributed by atoms with E-state index in [1.54, 1.807) is 0 Å². The highest BCUT2D eigenvalue weighted by atomic mass is 16.5. The Hall–Kier alpha value is -1.06. The summed E-state index contributed by atoms with van der Waals surface area (Å²) in [6.07, 6.45) is 5.03. The maximum atomic E-state index is 5.68. The van der Waals surface area contributed by atoms with Gasteiger partial charge in [-0.15, -0.1) is 0 Å². The fourth-order valence-corrected chi connectivity index (χ4v) is 2.07. The zero-order valence-corrected chi connectivity index (χ0v) is 9.83. The van der Waals surface area contributed by atoms with Gasteiger partial charge < -0.3 is 4.74 Å². The highest BCUT2D eigenvalue weighted by Crippen LogP contribution is 2.25. The number of aryl methyl sites for hydroxylation is 2. The molecule has 0 aromatic heterocycles. The Bertz CT molecular complexity index is 352. The number of hydrazine groups is 1. The molecule has 1 unspecified atom stereocenters. The van der Waals surface area contributed by atoms with Crippen LogP contribution in [0.25, 0.3) is 0 Å². The number of benzene rings is 1. The lowest BCUT2D eigenvalue weighted by atomic mass is 9.92.